The largest absolute Gasteiger partial charge is 0.233 e. The molecule has 0 bridgehead atoms. The molecule has 17 heavy (non-hydrogen) atoms. The van der Waals surface area contributed by atoms with Gasteiger partial charge in [-0.15, -0.1) is 0 Å². The van der Waals surface area contributed by atoms with E-state index >= 15 is 4.39 Å². The molecule has 1 unspecified atom stereocenters. The SMILES string of the molecule is C=C(I)C(F)(c1ccccc1)C1CCCCC1. The summed E-state index contributed by atoms with van der Waals surface area (Å²) in [6.07, 6.45) is 5.50. The van der Waals surface area contributed by atoms with Crippen LogP contribution in [0.4, 0.5) is 4.39 Å². The van der Waals surface area contributed by atoms with Crippen LogP contribution in [0.15, 0.2) is 40.5 Å². The van der Waals surface area contributed by atoms with Crippen LogP contribution in [0.1, 0.15) is 37.7 Å². The number of halogens is 2. The highest BCUT2D eigenvalue weighted by atomic mass is 127. The first-order chi connectivity index (χ1) is 8.15. The van der Waals surface area contributed by atoms with Gasteiger partial charge in [-0.2, -0.15) is 0 Å². The minimum Gasteiger partial charge on any atom is -0.233 e. The first-order valence-corrected chi connectivity index (χ1v) is 7.33. The molecule has 0 spiro atoms. The van der Waals surface area contributed by atoms with Gasteiger partial charge >= 0.3 is 0 Å². The van der Waals surface area contributed by atoms with Crippen molar-refractivity contribution < 1.29 is 4.39 Å². The highest BCUT2D eigenvalue weighted by molar-refractivity contribution is 14.1. The molecule has 0 aliphatic heterocycles. The summed E-state index contributed by atoms with van der Waals surface area (Å²) in [7, 11) is 0. The van der Waals surface area contributed by atoms with E-state index in [4.69, 9.17) is 0 Å². The first-order valence-electron chi connectivity index (χ1n) is 6.25. The van der Waals surface area contributed by atoms with E-state index in [9.17, 15) is 0 Å². The van der Waals surface area contributed by atoms with E-state index in [1.807, 2.05) is 30.3 Å². The molecular weight excluding hydrogens is 326 g/mol. The van der Waals surface area contributed by atoms with Crippen LogP contribution >= 0.6 is 22.6 Å². The zero-order valence-corrected chi connectivity index (χ0v) is 12.1. The maximum Gasteiger partial charge on any atom is 0.168 e. The molecular formula is C15H18FI. The zero-order chi connectivity index (χ0) is 12.3. The van der Waals surface area contributed by atoms with Crippen molar-refractivity contribution in [2.24, 2.45) is 5.92 Å². The van der Waals surface area contributed by atoms with E-state index in [-0.39, 0.29) is 5.92 Å². The number of hydrogen-bond acceptors (Lipinski definition) is 0. The van der Waals surface area contributed by atoms with Crippen LogP contribution in [0.25, 0.3) is 0 Å². The van der Waals surface area contributed by atoms with Crippen LogP contribution < -0.4 is 0 Å². The Hall–Kier alpha value is -0.380. The van der Waals surface area contributed by atoms with E-state index in [0.717, 1.165) is 31.2 Å². The number of hydrogen-bond donors (Lipinski definition) is 0. The lowest BCUT2D eigenvalue weighted by Gasteiger charge is -2.36. The van der Waals surface area contributed by atoms with Crippen molar-refractivity contribution in [2.45, 2.75) is 37.8 Å². The van der Waals surface area contributed by atoms with Crippen molar-refractivity contribution in [1.82, 2.24) is 0 Å². The van der Waals surface area contributed by atoms with E-state index in [2.05, 4.69) is 29.2 Å². The summed E-state index contributed by atoms with van der Waals surface area (Å²) in [5.41, 5.74) is -0.575. The van der Waals surface area contributed by atoms with Crippen molar-refractivity contribution in [3.63, 3.8) is 0 Å². The second kappa shape index (κ2) is 5.51. The number of benzene rings is 1. The number of allylic oxidation sites excluding steroid dienone is 1. The van der Waals surface area contributed by atoms with E-state index in [1.165, 1.54) is 6.42 Å². The van der Waals surface area contributed by atoms with Gasteiger partial charge in [0.25, 0.3) is 0 Å². The molecule has 0 heterocycles. The molecule has 0 saturated heterocycles. The van der Waals surface area contributed by atoms with Crippen LogP contribution in [0.2, 0.25) is 0 Å². The maximum atomic E-state index is 15.4. The van der Waals surface area contributed by atoms with Gasteiger partial charge in [0, 0.05) is 9.50 Å². The monoisotopic (exact) mass is 344 g/mol. The Labute approximate surface area is 116 Å². The number of rotatable bonds is 3. The summed E-state index contributed by atoms with van der Waals surface area (Å²) >= 11 is 2.06. The molecule has 1 saturated carbocycles. The predicted molar refractivity (Wildman–Crippen MR) is 79.0 cm³/mol. The molecule has 1 aromatic rings. The van der Waals surface area contributed by atoms with Gasteiger partial charge in [0.1, 0.15) is 0 Å². The highest BCUT2D eigenvalue weighted by Crippen LogP contribution is 2.48. The quantitative estimate of drug-likeness (QED) is 0.646. The maximum absolute atomic E-state index is 15.4. The van der Waals surface area contributed by atoms with Gasteiger partial charge in [-0.25, -0.2) is 4.39 Å². The lowest BCUT2D eigenvalue weighted by Crippen LogP contribution is -2.32. The van der Waals surface area contributed by atoms with Crippen LogP contribution in [-0.4, -0.2) is 0 Å². The van der Waals surface area contributed by atoms with E-state index in [0.29, 0.717) is 3.58 Å². The summed E-state index contributed by atoms with van der Waals surface area (Å²) < 4.78 is 16.0. The highest BCUT2D eigenvalue weighted by Gasteiger charge is 2.42. The minimum absolute atomic E-state index is 0.100. The number of alkyl halides is 1. The normalized spacial score (nSPS) is 20.8. The van der Waals surface area contributed by atoms with Gasteiger partial charge in [-0.3, -0.25) is 0 Å². The fraction of sp³-hybridized carbons (Fsp3) is 0.467. The van der Waals surface area contributed by atoms with Crippen LogP contribution in [0.3, 0.4) is 0 Å². The first kappa shape index (κ1) is 13.1. The average Bonchev–Trinajstić information content (AvgIpc) is 2.39. The van der Waals surface area contributed by atoms with E-state index < -0.39 is 5.67 Å². The second-order valence-electron chi connectivity index (χ2n) is 4.82. The summed E-state index contributed by atoms with van der Waals surface area (Å²) in [6.45, 7) is 3.89. The molecule has 92 valence electrons. The predicted octanol–water partition coefficient (Wildman–Crippen LogP) is 5.38. The lowest BCUT2D eigenvalue weighted by atomic mass is 9.74. The Balaban J connectivity index is 2.35. The molecule has 1 fully saturated rings. The average molecular weight is 344 g/mol. The third-order valence-corrected chi connectivity index (χ3v) is 4.54. The van der Waals surface area contributed by atoms with Gasteiger partial charge in [0.15, 0.2) is 5.67 Å². The fourth-order valence-electron chi connectivity index (χ4n) is 2.79. The summed E-state index contributed by atoms with van der Waals surface area (Å²) in [5, 5.41) is 0. The Kier molecular flexibility index (Phi) is 4.23. The van der Waals surface area contributed by atoms with Crippen molar-refractivity contribution in [1.29, 1.82) is 0 Å². The molecule has 2 heteroatoms. The molecule has 0 amide bonds. The van der Waals surface area contributed by atoms with Gasteiger partial charge in [-0.1, -0.05) is 56.2 Å². The van der Waals surface area contributed by atoms with Gasteiger partial charge in [0.2, 0.25) is 0 Å². The van der Waals surface area contributed by atoms with E-state index in [1.54, 1.807) is 0 Å². The second-order valence-corrected chi connectivity index (χ2v) is 6.12. The smallest absolute Gasteiger partial charge is 0.168 e. The fourth-order valence-corrected chi connectivity index (χ4v) is 3.55. The molecule has 0 nitrogen and oxygen atoms in total. The Bertz CT molecular complexity index is 381. The Morgan fingerprint density at radius 1 is 1.18 bits per heavy atom. The summed E-state index contributed by atoms with van der Waals surface area (Å²) in [6, 6.07) is 9.52. The third-order valence-electron chi connectivity index (χ3n) is 3.76. The van der Waals surface area contributed by atoms with Crippen molar-refractivity contribution in [3.8, 4) is 0 Å². The Morgan fingerprint density at radius 3 is 2.29 bits per heavy atom. The Morgan fingerprint density at radius 2 is 1.76 bits per heavy atom. The standard InChI is InChI=1S/C15H18FI/c1-12(17)15(16,13-8-4-2-5-9-13)14-10-6-3-7-11-14/h2,4-5,8-9,14H,1,3,6-7,10-11H2. The molecule has 0 radical (unpaired) electrons. The topological polar surface area (TPSA) is 0 Å². The molecule has 0 aromatic heterocycles. The summed E-state index contributed by atoms with van der Waals surface area (Å²) in [5.74, 6) is 0.100. The molecule has 1 aliphatic carbocycles. The third kappa shape index (κ3) is 2.56. The zero-order valence-electron chi connectivity index (χ0n) is 9.96. The van der Waals surface area contributed by atoms with Crippen LogP contribution in [0.5, 0.6) is 0 Å². The molecule has 0 N–H and O–H groups in total. The van der Waals surface area contributed by atoms with Crippen molar-refractivity contribution in [2.75, 3.05) is 0 Å². The van der Waals surface area contributed by atoms with Gasteiger partial charge in [0.05, 0.1) is 0 Å². The van der Waals surface area contributed by atoms with Crippen molar-refractivity contribution in [3.05, 3.63) is 46.1 Å². The van der Waals surface area contributed by atoms with Crippen LogP contribution in [0, 0.1) is 5.92 Å². The molecule has 1 atom stereocenters. The summed E-state index contributed by atoms with van der Waals surface area (Å²) in [4.78, 5) is 0. The van der Waals surface area contributed by atoms with Gasteiger partial charge in [-0.05, 0) is 41.0 Å². The van der Waals surface area contributed by atoms with Crippen LogP contribution in [-0.2, 0) is 5.67 Å². The van der Waals surface area contributed by atoms with Crippen molar-refractivity contribution >= 4 is 22.6 Å². The van der Waals surface area contributed by atoms with Gasteiger partial charge < -0.3 is 0 Å². The minimum atomic E-state index is -1.34. The molecule has 2 rings (SSSR count). The molecule has 1 aliphatic rings. The lowest BCUT2D eigenvalue weighted by molar-refractivity contribution is 0.102. The molecule has 1 aromatic carbocycles.